The van der Waals surface area contributed by atoms with Crippen molar-refractivity contribution in [3.05, 3.63) is 40.9 Å². The monoisotopic (exact) mass is 287 g/mol. The summed E-state index contributed by atoms with van der Waals surface area (Å²) in [6, 6.07) is 5.06. The Morgan fingerprint density at radius 2 is 2.29 bits per heavy atom. The van der Waals surface area contributed by atoms with Crippen molar-refractivity contribution >= 4 is 5.95 Å². The summed E-state index contributed by atoms with van der Waals surface area (Å²) < 4.78 is 6.63. The molecule has 3 rings (SSSR count). The third-order valence-corrected chi connectivity index (χ3v) is 3.63. The highest BCUT2D eigenvalue weighted by atomic mass is 16.5. The van der Waals surface area contributed by atoms with E-state index >= 15 is 0 Å². The summed E-state index contributed by atoms with van der Waals surface area (Å²) in [5, 5.41) is 4.12. The molecule has 21 heavy (non-hydrogen) atoms. The lowest BCUT2D eigenvalue weighted by atomic mass is 10.2. The van der Waals surface area contributed by atoms with E-state index in [1.165, 1.54) is 10.7 Å². The average Bonchev–Trinajstić information content (AvgIpc) is 2.98. The molecule has 1 fully saturated rings. The Balaban J connectivity index is 1.82. The van der Waals surface area contributed by atoms with Gasteiger partial charge in [0.1, 0.15) is 0 Å². The van der Waals surface area contributed by atoms with Crippen LogP contribution in [0.2, 0.25) is 0 Å². The van der Waals surface area contributed by atoms with Gasteiger partial charge < -0.3 is 9.64 Å². The fraction of sp³-hybridized carbons (Fsp3) is 0.429. The van der Waals surface area contributed by atoms with E-state index in [9.17, 15) is 4.79 Å². The van der Waals surface area contributed by atoms with Crippen LogP contribution < -0.4 is 15.2 Å². The number of methoxy groups -OCH3 is 1. The molecule has 0 amide bonds. The maximum Gasteiger partial charge on any atom is 0.266 e. The van der Waals surface area contributed by atoms with Gasteiger partial charge in [0.25, 0.3) is 5.56 Å². The van der Waals surface area contributed by atoms with Crippen molar-refractivity contribution in [2.24, 2.45) is 0 Å². The molecule has 1 atom stereocenters. The molecule has 0 aromatic carbocycles. The van der Waals surface area contributed by atoms with Gasteiger partial charge in [-0.05, 0) is 18.9 Å². The summed E-state index contributed by atoms with van der Waals surface area (Å²) in [6.45, 7) is 1.42. The summed E-state index contributed by atoms with van der Waals surface area (Å²) in [5.74, 6) is 1.18. The Hall–Kier alpha value is -2.44. The molecule has 7 nitrogen and oxygen atoms in total. The van der Waals surface area contributed by atoms with E-state index in [-0.39, 0.29) is 11.6 Å². The van der Waals surface area contributed by atoms with Gasteiger partial charge >= 0.3 is 0 Å². The Morgan fingerprint density at radius 1 is 1.38 bits per heavy atom. The molecule has 1 aliphatic rings. The Labute approximate surface area is 122 Å². The second-order valence-electron chi connectivity index (χ2n) is 4.93. The van der Waals surface area contributed by atoms with E-state index in [1.807, 2.05) is 0 Å². The van der Waals surface area contributed by atoms with E-state index in [0.717, 1.165) is 19.4 Å². The van der Waals surface area contributed by atoms with Gasteiger partial charge in [-0.25, -0.2) is 9.67 Å². The zero-order chi connectivity index (χ0) is 14.7. The quantitative estimate of drug-likeness (QED) is 0.824. The normalized spacial score (nSPS) is 18.0. The topological polar surface area (TPSA) is 73.1 Å². The van der Waals surface area contributed by atoms with Crippen LogP contribution in [0.1, 0.15) is 12.8 Å². The fourth-order valence-electron chi connectivity index (χ4n) is 2.60. The van der Waals surface area contributed by atoms with Crippen molar-refractivity contribution in [3.63, 3.8) is 0 Å². The maximum absolute atomic E-state index is 11.8. The molecule has 0 N–H and O–H groups in total. The van der Waals surface area contributed by atoms with Crippen LogP contribution in [0.4, 0.5) is 5.95 Å². The summed E-state index contributed by atoms with van der Waals surface area (Å²) in [5.41, 5.74) is -0.0871. The molecular weight excluding hydrogens is 270 g/mol. The average molecular weight is 287 g/mol. The molecule has 0 spiro atoms. The number of hydrogen-bond acceptors (Lipinski definition) is 6. The Morgan fingerprint density at radius 3 is 3.10 bits per heavy atom. The predicted octanol–water partition coefficient (Wildman–Crippen LogP) is 0.711. The minimum Gasteiger partial charge on any atom is -0.481 e. The number of rotatable bonds is 4. The Bertz CT molecular complexity index is 672. The molecule has 2 aromatic rings. The largest absolute Gasteiger partial charge is 0.481 e. The smallest absolute Gasteiger partial charge is 0.266 e. The zero-order valence-corrected chi connectivity index (χ0v) is 11.8. The minimum atomic E-state index is -0.0871. The summed E-state index contributed by atoms with van der Waals surface area (Å²) in [6.07, 6.45) is 5.35. The predicted molar refractivity (Wildman–Crippen MR) is 77.4 cm³/mol. The van der Waals surface area contributed by atoms with Gasteiger partial charge in [-0.1, -0.05) is 0 Å². The third kappa shape index (κ3) is 2.86. The molecule has 1 saturated heterocycles. The van der Waals surface area contributed by atoms with Gasteiger partial charge in [-0.15, -0.1) is 0 Å². The number of hydrogen-bond donors (Lipinski definition) is 0. The van der Waals surface area contributed by atoms with E-state index in [1.54, 1.807) is 31.6 Å². The van der Waals surface area contributed by atoms with Crippen LogP contribution >= 0.6 is 0 Å². The van der Waals surface area contributed by atoms with E-state index < -0.39 is 0 Å². The maximum atomic E-state index is 11.8. The first-order chi connectivity index (χ1) is 10.3. The van der Waals surface area contributed by atoms with Gasteiger partial charge in [0.2, 0.25) is 11.8 Å². The number of aromatic nitrogens is 4. The van der Waals surface area contributed by atoms with Crippen molar-refractivity contribution in [1.29, 1.82) is 0 Å². The summed E-state index contributed by atoms with van der Waals surface area (Å²) >= 11 is 0. The lowest BCUT2D eigenvalue weighted by Crippen LogP contribution is -2.37. The van der Waals surface area contributed by atoms with Crippen molar-refractivity contribution in [2.75, 3.05) is 18.6 Å². The van der Waals surface area contributed by atoms with Gasteiger partial charge in [0.15, 0.2) is 0 Å². The van der Waals surface area contributed by atoms with E-state index in [2.05, 4.69) is 20.0 Å². The van der Waals surface area contributed by atoms with Crippen LogP contribution in [0, 0.1) is 0 Å². The molecule has 0 radical (unpaired) electrons. The van der Waals surface area contributed by atoms with Crippen LogP contribution in [-0.2, 0) is 6.54 Å². The lowest BCUT2D eigenvalue weighted by molar-refractivity contribution is 0.396. The minimum absolute atomic E-state index is 0.0871. The SMILES string of the molecule is COc1ccnc(N2CCCC2Cn2ncccc2=O)n1. The molecule has 1 unspecified atom stereocenters. The second kappa shape index (κ2) is 5.90. The molecule has 110 valence electrons. The van der Waals surface area contributed by atoms with Crippen LogP contribution in [-0.4, -0.2) is 39.4 Å². The van der Waals surface area contributed by atoms with E-state index in [0.29, 0.717) is 18.4 Å². The third-order valence-electron chi connectivity index (χ3n) is 3.63. The number of ether oxygens (including phenoxy) is 1. The highest BCUT2D eigenvalue weighted by Gasteiger charge is 2.27. The first-order valence-corrected chi connectivity index (χ1v) is 6.94. The molecule has 1 aliphatic heterocycles. The van der Waals surface area contributed by atoms with Crippen molar-refractivity contribution in [1.82, 2.24) is 19.7 Å². The molecule has 2 aromatic heterocycles. The van der Waals surface area contributed by atoms with Crippen LogP contribution in [0.25, 0.3) is 0 Å². The molecule has 0 bridgehead atoms. The lowest BCUT2D eigenvalue weighted by Gasteiger charge is -2.24. The standard InChI is InChI=1S/C14H17N5O2/c1-21-12-6-8-15-14(17-12)18-9-3-4-11(18)10-19-13(20)5-2-7-16-19/h2,5-8,11H,3-4,9-10H2,1H3. The first kappa shape index (κ1) is 13.5. The molecule has 0 saturated carbocycles. The molecular formula is C14H17N5O2. The highest BCUT2D eigenvalue weighted by molar-refractivity contribution is 5.35. The van der Waals surface area contributed by atoms with Crippen molar-refractivity contribution in [2.45, 2.75) is 25.4 Å². The fourth-order valence-corrected chi connectivity index (χ4v) is 2.60. The first-order valence-electron chi connectivity index (χ1n) is 6.94. The molecule has 0 aliphatic carbocycles. The Kier molecular flexibility index (Phi) is 3.81. The summed E-state index contributed by atoms with van der Waals surface area (Å²) in [4.78, 5) is 22.6. The second-order valence-corrected chi connectivity index (χ2v) is 4.93. The zero-order valence-electron chi connectivity index (χ0n) is 11.8. The molecule has 7 heteroatoms. The van der Waals surface area contributed by atoms with Gasteiger partial charge in [0.05, 0.1) is 19.7 Å². The van der Waals surface area contributed by atoms with Gasteiger partial charge in [-0.2, -0.15) is 10.1 Å². The van der Waals surface area contributed by atoms with Gasteiger partial charge in [0, 0.05) is 31.1 Å². The van der Waals surface area contributed by atoms with Crippen molar-refractivity contribution in [3.8, 4) is 5.88 Å². The molecule has 3 heterocycles. The van der Waals surface area contributed by atoms with Crippen LogP contribution in [0.5, 0.6) is 5.88 Å². The number of nitrogens with zero attached hydrogens (tertiary/aromatic N) is 5. The van der Waals surface area contributed by atoms with E-state index in [4.69, 9.17) is 4.74 Å². The highest BCUT2D eigenvalue weighted by Crippen LogP contribution is 2.24. The van der Waals surface area contributed by atoms with Crippen LogP contribution in [0.15, 0.2) is 35.4 Å². The summed E-state index contributed by atoms with van der Waals surface area (Å²) in [7, 11) is 1.58. The number of anilines is 1. The van der Waals surface area contributed by atoms with Crippen LogP contribution in [0.3, 0.4) is 0 Å². The van der Waals surface area contributed by atoms with Crippen molar-refractivity contribution < 1.29 is 4.74 Å². The van der Waals surface area contributed by atoms with Gasteiger partial charge in [-0.3, -0.25) is 4.79 Å².